The molecule has 1 aromatic rings. The lowest BCUT2D eigenvalue weighted by molar-refractivity contribution is -0.134. The first-order chi connectivity index (χ1) is 6.72. The fourth-order valence-electron chi connectivity index (χ4n) is 1.02. The van der Waals surface area contributed by atoms with Crippen molar-refractivity contribution in [2.75, 3.05) is 7.11 Å². The molecule has 74 valence electrons. The van der Waals surface area contributed by atoms with Gasteiger partial charge in [-0.15, -0.1) is 0 Å². The molecule has 0 spiro atoms. The zero-order valence-electron chi connectivity index (χ0n) is 7.87. The van der Waals surface area contributed by atoms with E-state index >= 15 is 0 Å². The molecule has 0 aliphatic heterocycles. The molecule has 0 saturated carbocycles. The highest BCUT2D eigenvalue weighted by atomic mass is 19.1. The van der Waals surface area contributed by atoms with Crippen LogP contribution in [0.1, 0.15) is 5.56 Å². The summed E-state index contributed by atoms with van der Waals surface area (Å²) in [5.74, 6) is -0.671. The Balaban J connectivity index is 2.53. The van der Waals surface area contributed by atoms with E-state index in [1.165, 1.54) is 25.3 Å². The van der Waals surface area contributed by atoms with Gasteiger partial charge in [0.25, 0.3) is 0 Å². The quantitative estimate of drug-likeness (QED) is 0.544. The second kappa shape index (κ2) is 5.17. The number of rotatable bonds is 3. The number of methoxy groups -OCH3 is 1. The maximum absolute atomic E-state index is 12.7. The number of halogens is 1. The van der Waals surface area contributed by atoms with Crippen LogP contribution < -0.4 is 0 Å². The van der Waals surface area contributed by atoms with E-state index < -0.39 is 5.97 Å². The van der Waals surface area contributed by atoms with Crippen molar-refractivity contribution < 1.29 is 13.9 Å². The molecule has 2 nitrogen and oxygen atoms in total. The smallest absolute Gasteiger partial charge is 0.330 e. The first-order valence-corrected chi connectivity index (χ1v) is 4.21. The van der Waals surface area contributed by atoms with Crippen molar-refractivity contribution in [1.29, 1.82) is 0 Å². The zero-order chi connectivity index (χ0) is 10.4. The molecule has 0 aromatic heterocycles. The third-order valence-electron chi connectivity index (χ3n) is 1.70. The van der Waals surface area contributed by atoms with E-state index in [0.29, 0.717) is 6.42 Å². The van der Waals surface area contributed by atoms with E-state index in [2.05, 4.69) is 4.74 Å². The lowest BCUT2D eigenvalue weighted by Gasteiger charge is -1.95. The van der Waals surface area contributed by atoms with Crippen molar-refractivity contribution in [3.05, 3.63) is 47.8 Å². The van der Waals surface area contributed by atoms with E-state index in [-0.39, 0.29) is 5.82 Å². The first kappa shape index (κ1) is 10.4. The SMILES string of the molecule is COC(=O)/C=C\Cc1cccc(F)c1. The number of ether oxygens (including phenoxy) is 1. The van der Waals surface area contributed by atoms with Gasteiger partial charge in [-0.2, -0.15) is 0 Å². The highest BCUT2D eigenvalue weighted by Gasteiger charge is 1.93. The van der Waals surface area contributed by atoms with E-state index in [9.17, 15) is 9.18 Å². The van der Waals surface area contributed by atoms with Crippen molar-refractivity contribution in [3.63, 3.8) is 0 Å². The highest BCUT2D eigenvalue weighted by Crippen LogP contribution is 2.04. The zero-order valence-corrected chi connectivity index (χ0v) is 7.87. The Morgan fingerprint density at radius 2 is 2.36 bits per heavy atom. The fourth-order valence-corrected chi connectivity index (χ4v) is 1.02. The van der Waals surface area contributed by atoms with Crippen LogP contribution in [0, 0.1) is 5.82 Å². The largest absolute Gasteiger partial charge is 0.466 e. The van der Waals surface area contributed by atoms with Gasteiger partial charge in [-0.3, -0.25) is 0 Å². The molecule has 0 heterocycles. The van der Waals surface area contributed by atoms with E-state index in [4.69, 9.17) is 0 Å². The molecular weight excluding hydrogens is 183 g/mol. The summed E-state index contributed by atoms with van der Waals surface area (Å²) >= 11 is 0. The Morgan fingerprint density at radius 3 is 3.00 bits per heavy atom. The summed E-state index contributed by atoms with van der Waals surface area (Å²) in [6.07, 6.45) is 3.48. The van der Waals surface area contributed by atoms with Crippen molar-refractivity contribution in [1.82, 2.24) is 0 Å². The highest BCUT2D eigenvalue weighted by molar-refractivity contribution is 5.81. The molecule has 0 N–H and O–H groups in total. The molecule has 0 amide bonds. The van der Waals surface area contributed by atoms with E-state index in [0.717, 1.165) is 5.56 Å². The Labute approximate surface area is 82.0 Å². The fraction of sp³-hybridized carbons (Fsp3) is 0.182. The third-order valence-corrected chi connectivity index (χ3v) is 1.70. The molecule has 1 rings (SSSR count). The number of esters is 1. The number of hydrogen-bond acceptors (Lipinski definition) is 2. The molecule has 0 unspecified atom stereocenters. The minimum atomic E-state index is -0.401. The molecule has 0 aliphatic rings. The second-order valence-corrected chi connectivity index (χ2v) is 2.76. The van der Waals surface area contributed by atoms with Gasteiger partial charge in [0.1, 0.15) is 5.82 Å². The van der Waals surface area contributed by atoms with Gasteiger partial charge in [-0.05, 0) is 24.1 Å². The maximum Gasteiger partial charge on any atom is 0.330 e. The molecule has 1 aromatic carbocycles. The average Bonchev–Trinajstić information content (AvgIpc) is 2.17. The number of carbonyl (C=O) groups is 1. The number of hydrogen-bond donors (Lipinski definition) is 0. The van der Waals surface area contributed by atoms with Crippen LogP contribution in [0.25, 0.3) is 0 Å². The van der Waals surface area contributed by atoms with Crippen LogP contribution in [0.3, 0.4) is 0 Å². The minimum absolute atomic E-state index is 0.269. The Bertz CT molecular complexity index is 345. The monoisotopic (exact) mass is 194 g/mol. The maximum atomic E-state index is 12.7. The van der Waals surface area contributed by atoms with Crippen molar-refractivity contribution in [2.45, 2.75) is 6.42 Å². The standard InChI is InChI=1S/C11H11FO2/c1-14-11(13)7-3-5-9-4-2-6-10(12)8-9/h2-4,6-8H,5H2,1H3/b7-3-. The Hall–Kier alpha value is -1.64. The number of allylic oxidation sites excluding steroid dienone is 1. The van der Waals surface area contributed by atoms with E-state index in [1.54, 1.807) is 18.2 Å². The van der Waals surface area contributed by atoms with Gasteiger partial charge in [0, 0.05) is 6.08 Å². The molecule has 0 radical (unpaired) electrons. The van der Waals surface area contributed by atoms with Gasteiger partial charge in [0.2, 0.25) is 0 Å². The van der Waals surface area contributed by atoms with Gasteiger partial charge in [0.15, 0.2) is 0 Å². The summed E-state index contributed by atoms with van der Waals surface area (Å²) in [6.45, 7) is 0. The second-order valence-electron chi connectivity index (χ2n) is 2.76. The van der Waals surface area contributed by atoms with Crippen LogP contribution >= 0.6 is 0 Å². The van der Waals surface area contributed by atoms with Gasteiger partial charge in [-0.25, -0.2) is 9.18 Å². The van der Waals surface area contributed by atoms with Crippen molar-refractivity contribution in [2.24, 2.45) is 0 Å². The molecule has 3 heteroatoms. The van der Waals surface area contributed by atoms with Gasteiger partial charge >= 0.3 is 5.97 Å². The van der Waals surface area contributed by atoms with Crippen LogP contribution in [-0.4, -0.2) is 13.1 Å². The molecule has 0 saturated heterocycles. The topological polar surface area (TPSA) is 26.3 Å². The predicted molar refractivity (Wildman–Crippen MR) is 51.3 cm³/mol. The normalized spacial score (nSPS) is 10.4. The van der Waals surface area contributed by atoms with Crippen LogP contribution in [0.5, 0.6) is 0 Å². The van der Waals surface area contributed by atoms with Gasteiger partial charge in [0.05, 0.1) is 7.11 Å². The van der Waals surface area contributed by atoms with Crippen LogP contribution in [0.2, 0.25) is 0 Å². The molecule has 0 bridgehead atoms. The molecular formula is C11H11FO2. The summed E-state index contributed by atoms with van der Waals surface area (Å²) < 4.78 is 17.1. The van der Waals surface area contributed by atoms with Gasteiger partial charge < -0.3 is 4.74 Å². The Morgan fingerprint density at radius 1 is 1.57 bits per heavy atom. The summed E-state index contributed by atoms with van der Waals surface area (Å²) in [6, 6.07) is 6.25. The number of carbonyl (C=O) groups excluding carboxylic acids is 1. The van der Waals surface area contributed by atoms with Gasteiger partial charge in [-0.1, -0.05) is 18.2 Å². The van der Waals surface area contributed by atoms with Crippen LogP contribution in [0.4, 0.5) is 4.39 Å². The summed E-state index contributed by atoms with van der Waals surface area (Å²) in [5.41, 5.74) is 0.824. The first-order valence-electron chi connectivity index (χ1n) is 4.21. The predicted octanol–water partition coefficient (Wildman–Crippen LogP) is 2.10. The number of benzene rings is 1. The third kappa shape index (κ3) is 3.39. The minimum Gasteiger partial charge on any atom is -0.466 e. The summed E-state index contributed by atoms with van der Waals surface area (Å²) in [4.78, 5) is 10.7. The molecule has 0 fully saturated rings. The summed E-state index contributed by atoms with van der Waals surface area (Å²) in [7, 11) is 1.31. The van der Waals surface area contributed by atoms with Crippen molar-refractivity contribution >= 4 is 5.97 Å². The average molecular weight is 194 g/mol. The molecule has 14 heavy (non-hydrogen) atoms. The lowest BCUT2D eigenvalue weighted by Crippen LogP contribution is -1.94. The van der Waals surface area contributed by atoms with Crippen molar-refractivity contribution in [3.8, 4) is 0 Å². The molecule has 0 atom stereocenters. The van der Waals surface area contributed by atoms with E-state index in [1.807, 2.05) is 0 Å². The van der Waals surface area contributed by atoms with Crippen LogP contribution in [-0.2, 0) is 16.0 Å². The lowest BCUT2D eigenvalue weighted by atomic mass is 10.1. The summed E-state index contributed by atoms with van der Waals surface area (Å²) in [5, 5.41) is 0. The Kier molecular flexibility index (Phi) is 3.85. The van der Waals surface area contributed by atoms with Crippen LogP contribution in [0.15, 0.2) is 36.4 Å². The molecule has 0 aliphatic carbocycles.